The van der Waals surface area contributed by atoms with Crippen LogP contribution in [-0.2, 0) is 17.6 Å². The van der Waals surface area contributed by atoms with Crippen molar-refractivity contribution in [2.45, 2.75) is 50.8 Å². The fourth-order valence-corrected chi connectivity index (χ4v) is 2.46. The lowest BCUT2D eigenvalue weighted by molar-refractivity contribution is -0.118. The van der Waals surface area contributed by atoms with Gasteiger partial charge in [-0.3, -0.25) is 4.79 Å². The van der Waals surface area contributed by atoms with Crippen molar-refractivity contribution in [2.75, 3.05) is 0 Å². The van der Waals surface area contributed by atoms with Gasteiger partial charge in [0.2, 0.25) is 0 Å². The maximum absolute atomic E-state index is 11.5. The van der Waals surface area contributed by atoms with Gasteiger partial charge >= 0.3 is 0 Å². The highest BCUT2D eigenvalue weighted by atomic mass is 79.9. The minimum atomic E-state index is -0.0333. The molecule has 0 aliphatic rings. The monoisotopic (exact) mass is 296 g/mol. The van der Waals surface area contributed by atoms with Crippen molar-refractivity contribution >= 4 is 21.7 Å². The normalized spacial score (nSPS) is 12.4. The molecule has 0 bridgehead atoms. The van der Waals surface area contributed by atoms with E-state index in [2.05, 4.69) is 47.1 Å². The highest BCUT2D eigenvalue weighted by Gasteiger charge is 2.12. The quantitative estimate of drug-likeness (QED) is 0.685. The molecule has 0 aliphatic carbocycles. The number of carbonyl (C=O) groups excluding carboxylic acids is 1. The van der Waals surface area contributed by atoms with Gasteiger partial charge in [0, 0.05) is 6.42 Å². The fraction of sp³-hybridized carbons (Fsp3) is 0.533. The van der Waals surface area contributed by atoms with Gasteiger partial charge in [-0.2, -0.15) is 0 Å². The Balaban J connectivity index is 2.53. The number of hydrogen-bond acceptors (Lipinski definition) is 1. The van der Waals surface area contributed by atoms with Crippen LogP contribution in [0.5, 0.6) is 0 Å². The summed E-state index contributed by atoms with van der Waals surface area (Å²) in [6.45, 7) is 4.12. The Morgan fingerprint density at radius 3 is 2.29 bits per heavy atom. The van der Waals surface area contributed by atoms with E-state index < -0.39 is 0 Å². The third kappa shape index (κ3) is 5.03. The molecule has 2 heteroatoms. The second-order valence-electron chi connectivity index (χ2n) is 4.41. The number of aryl methyl sites for hydroxylation is 1. The predicted molar refractivity (Wildman–Crippen MR) is 76.8 cm³/mol. The minimum absolute atomic E-state index is 0.0333. The first-order chi connectivity index (χ1) is 8.17. The molecule has 0 N–H and O–H groups in total. The molecule has 0 spiro atoms. The van der Waals surface area contributed by atoms with Crippen LogP contribution in [0.15, 0.2) is 24.3 Å². The Hall–Kier alpha value is -0.630. The highest BCUT2D eigenvalue weighted by molar-refractivity contribution is 9.10. The lowest BCUT2D eigenvalue weighted by atomic mass is 10.0. The van der Waals surface area contributed by atoms with E-state index in [1.54, 1.807) is 0 Å². The van der Waals surface area contributed by atoms with E-state index in [1.165, 1.54) is 24.0 Å². The number of Topliss-reactive ketones (excluding diaryl/α,β-unsaturated/α-hetero) is 1. The Morgan fingerprint density at radius 1 is 1.18 bits per heavy atom. The first-order valence-corrected chi connectivity index (χ1v) is 7.33. The van der Waals surface area contributed by atoms with Crippen molar-refractivity contribution in [1.29, 1.82) is 0 Å². The van der Waals surface area contributed by atoms with Crippen molar-refractivity contribution in [3.63, 3.8) is 0 Å². The van der Waals surface area contributed by atoms with E-state index in [4.69, 9.17) is 0 Å². The van der Waals surface area contributed by atoms with Gasteiger partial charge in [-0.05, 0) is 30.4 Å². The van der Waals surface area contributed by atoms with Crippen LogP contribution in [0.2, 0.25) is 0 Å². The number of alkyl halides is 1. The molecule has 0 fully saturated rings. The van der Waals surface area contributed by atoms with Gasteiger partial charge in [-0.15, -0.1) is 0 Å². The summed E-state index contributed by atoms with van der Waals surface area (Å²) in [5.74, 6) is 0.278. The average molecular weight is 297 g/mol. The van der Waals surface area contributed by atoms with Crippen molar-refractivity contribution in [3.8, 4) is 0 Å². The minimum Gasteiger partial charge on any atom is -0.298 e. The third-order valence-corrected chi connectivity index (χ3v) is 3.79. The number of rotatable bonds is 7. The Bertz CT molecular complexity index is 342. The first-order valence-electron chi connectivity index (χ1n) is 6.42. The zero-order chi connectivity index (χ0) is 12.7. The van der Waals surface area contributed by atoms with E-state index >= 15 is 0 Å². The molecule has 1 rings (SSSR count). The molecule has 0 aliphatic heterocycles. The van der Waals surface area contributed by atoms with Crippen LogP contribution in [0.25, 0.3) is 0 Å². The number of benzene rings is 1. The molecule has 1 aromatic carbocycles. The molecule has 1 atom stereocenters. The molecule has 0 saturated heterocycles. The van der Waals surface area contributed by atoms with Crippen molar-refractivity contribution in [1.82, 2.24) is 0 Å². The highest BCUT2D eigenvalue weighted by Crippen LogP contribution is 2.14. The molecule has 1 nitrogen and oxygen atoms in total. The van der Waals surface area contributed by atoms with Crippen LogP contribution in [0.1, 0.15) is 44.2 Å². The molecule has 94 valence electrons. The summed E-state index contributed by atoms with van der Waals surface area (Å²) in [4.78, 5) is 11.4. The van der Waals surface area contributed by atoms with Crippen LogP contribution in [0, 0.1) is 0 Å². The number of hydrogen-bond donors (Lipinski definition) is 0. The molecular formula is C15H21BrO. The van der Waals surface area contributed by atoms with Gasteiger partial charge in [-0.25, -0.2) is 0 Å². The summed E-state index contributed by atoms with van der Waals surface area (Å²) >= 11 is 3.45. The van der Waals surface area contributed by atoms with Gasteiger partial charge in [0.05, 0.1) is 4.83 Å². The Morgan fingerprint density at radius 2 is 1.76 bits per heavy atom. The van der Waals surface area contributed by atoms with Gasteiger partial charge in [0.1, 0.15) is 5.78 Å². The third-order valence-electron chi connectivity index (χ3n) is 2.95. The summed E-state index contributed by atoms with van der Waals surface area (Å²) < 4.78 is 0. The molecular weight excluding hydrogens is 276 g/mol. The summed E-state index contributed by atoms with van der Waals surface area (Å²) in [6, 6.07) is 8.65. The SMILES string of the molecule is CCCCc1ccc(CC(Br)C(=O)CC)cc1. The van der Waals surface area contributed by atoms with Gasteiger partial charge in [0.15, 0.2) is 0 Å². The van der Waals surface area contributed by atoms with Gasteiger partial charge < -0.3 is 0 Å². The molecule has 0 aromatic heterocycles. The van der Waals surface area contributed by atoms with Crippen LogP contribution < -0.4 is 0 Å². The van der Waals surface area contributed by atoms with E-state index in [0.717, 1.165) is 12.8 Å². The molecule has 17 heavy (non-hydrogen) atoms. The zero-order valence-corrected chi connectivity index (χ0v) is 12.3. The van der Waals surface area contributed by atoms with E-state index in [1.807, 2.05) is 6.92 Å². The van der Waals surface area contributed by atoms with Crippen LogP contribution >= 0.6 is 15.9 Å². The first kappa shape index (κ1) is 14.4. The van der Waals surface area contributed by atoms with E-state index in [-0.39, 0.29) is 10.6 Å². The number of halogens is 1. The Kier molecular flexibility index (Phi) is 6.49. The molecule has 0 saturated carbocycles. The second kappa shape index (κ2) is 7.65. The topological polar surface area (TPSA) is 17.1 Å². The lowest BCUT2D eigenvalue weighted by Gasteiger charge is -2.08. The maximum Gasteiger partial charge on any atom is 0.146 e. The predicted octanol–water partition coefficient (Wildman–Crippen LogP) is 4.31. The number of unbranched alkanes of at least 4 members (excludes halogenated alkanes) is 1. The molecule has 0 amide bonds. The van der Waals surface area contributed by atoms with E-state index in [9.17, 15) is 4.79 Å². The number of carbonyl (C=O) groups is 1. The smallest absolute Gasteiger partial charge is 0.146 e. The fourth-order valence-electron chi connectivity index (χ4n) is 1.77. The molecule has 1 unspecified atom stereocenters. The standard InChI is InChI=1S/C15H21BrO/c1-3-5-6-12-7-9-13(10-8-12)11-14(16)15(17)4-2/h7-10,14H,3-6,11H2,1-2H3. The van der Waals surface area contributed by atoms with E-state index in [0.29, 0.717) is 6.42 Å². The summed E-state index contributed by atoms with van der Waals surface area (Å²) in [7, 11) is 0. The largest absolute Gasteiger partial charge is 0.298 e. The summed E-state index contributed by atoms with van der Waals surface area (Å²) in [6.07, 6.45) is 5.03. The maximum atomic E-state index is 11.5. The van der Waals surface area contributed by atoms with Crippen LogP contribution in [0.4, 0.5) is 0 Å². The zero-order valence-electron chi connectivity index (χ0n) is 10.7. The van der Waals surface area contributed by atoms with Gasteiger partial charge in [-0.1, -0.05) is 60.5 Å². The molecule has 1 aromatic rings. The van der Waals surface area contributed by atoms with Crippen LogP contribution in [0.3, 0.4) is 0 Å². The molecule has 0 radical (unpaired) electrons. The lowest BCUT2D eigenvalue weighted by Crippen LogP contribution is -2.15. The van der Waals surface area contributed by atoms with Gasteiger partial charge in [0.25, 0.3) is 0 Å². The summed E-state index contributed by atoms with van der Waals surface area (Å²) in [5, 5.41) is 0. The average Bonchev–Trinajstić information content (AvgIpc) is 2.37. The van der Waals surface area contributed by atoms with Crippen LogP contribution in [-0.4, -0.2) is 10.6 Å². The van der Waals surface area contributed by atoms with Crippen molar-refractivity contribution in [3.05, 3.63) is 35.4 Å². The Labute approximate surface area is 113 Å². The van der Waals surface area contributed by atoms with Crippen molar-refractivity contribution < 1.29 is 4.79 Å². The van der Waals surface area contributed by atoms with Crippen molar-refractivity contribution in [2.24, 2.45) is 0 Å². The molecule has 0 heterocycles. The second-order valence-corrected chi connectivity index (χ2v) is 5.52. The number of ketones is 1. The summed E-state index contributed by atoms with van der Waals surface area (Å²) in [5.41, 5.74) is 2.62.